The van der Waals surface area contributed by atoms with Crippen LogP contribution in [0.15, 0.2) is 60.0 Å². The third-order valence-corrected chi connectivity index (χ3v) is 6.63. The minimum absolute atomic E-state index is 0.131. The average molecular weight is 476 g/mol. The molecule has 2 aliphatic rings. The van der Waals surface area contributed by atoms with Gasteiger partial charge in [0.25, 0.3) is 23.6 Å². The number of nitrogens with zero attached hydrogens (tertiary/aromatic N) is 1. The quantitative estimate of drug-likeness (QED) is 0.524. The fourth-order valence-electron chi connectivity index (χ4n) is 4.07. The molecule has 8 nitrogen and oxygen atoms in total. The first-order valence-electron chi connectivity index (χ1n) is 10.9. The molecule has 5 rings (SSSR count). The number of hydrogen-bond acceptors (Lipinski definition) is 6. The molecule has 1 unspecified atom stereocenters. The summed E-state index contributed by atoms with van der Waals surface area (Å²) in [5.74, 6) is -1.38. The summed E-state index contributed by atoms with van der Waals surface area (Å²) in [5, 5.41) is 7.35. The highest BCUT2D eigenvalue weighted by molar-refractivity contribution is 7.12. The van der Waals surface area contributed by atoms with Crippen molar-refractivity contribution in [3.8, 4) is 0 Å². The third-order valence-electron chi connectivity index (χ3n) is 5.77. The minimum atomic E-state index is -0.403. The van der Waals surface area contributed by atoms with Crippen LogP contribution in [0.2, 0.25) is 0 Å². The summed E-state index contributed by atoms with van der Waals surface area (Å²) in [6.45, 7) is 0.876. The Morgan fingerprint density at radius 2 is 1.74 bits per heavy atom. The van der Waals surface area contributed by atoms with E-state index in [1.165, 1.54) is 22.3 Å². The second kappa shape index (κ2) is 9.20. The minimum Gasteiger partial charge on any atom is -0.376 e. The first-order valence-corrected chi connectivity index (χ1v) is 11.8. The zero-order chi connectivity index (χ0) is 23.7. The van der Waals surface area contributed by atoms with Gasteiger partial charge in [-0.3, -0.25) is 24.1 Å². The van der Waals surface area contributed by atoms with E-state index in [1.807, 2.05) is 5.38 Å². The SMILES string of the molecule is O=C(Nc1ccc2c(c1)C(=O)N(CC1CCCO1)C2=O)c1cccc(NC(=O)c2cccs2)c1. The Bertz CT molecular complexity index is 1280. The molecule has 9 heteroatoms. The topological polar surface area (TPSA) is 105 Å². The maximum atomic E-state index is 12.8. The van der Waals surface area contributed by atoms with Crippen LogP contribution in [0.25, 0.3) is 0 Å². The van der Waals surface area contributed by atoms with Crippen LogP contribution in [0.1, 0.15) is 53.6 Å². The van der Waals surface area contributed by atoms with Crippen molar-refractivity contribution >= 4 is 46.3 Å². The highest BCUT2D eigenvalue weighted by Gasteiger charge is 2.37. The molecule has 1 atom stereocenters. The van der Waals surface area contributed by atoms with Gasteiger partial charge < -0.3 is 15.4 Å². The number of ether oxygens (including phenoxy) is 1. The van der Waals surface area contributed by atoms with Crippen molar-refractivity contribution in [1.82, 2.24) is 4.90 Å². The maximum Gasteiger partial charge on any atom is 0.265 e. The lowest BCUT2D eigenvalue weighted by Crippen LogP contribution is -2.36. The van der Waals surface area contributed by atoms with Gasteiger partial charge in [-0.1, -0.05) is 12.1 Å². The number of anilines is 2. The molecule has 2 N–H and O–H groups in total. The number of nitrogens with one attached hydrogen (secondary N) is 2. The van der Waals surface area contributed by atoms with Crippen molar-refractivity contribution < 1.29 is 23.9 Å². The third kappa shape index (κ3) is 4.35. The number of imide groups is 1. The molecular weight excluding hydrogens is 454 g/mol. The molecule has 0 spiro atoms. The van der Waals surface area contributed by atoms with Gasteiger partial charge in [0.15, 0.2) is 0 Å². The number of benzene rings is 2. The van der Waals surface area contributed by atoms with E-state index in [9.17, 15) is 19.2 Å². The van der Waals surface area contributed by atoms with Crippen LogP contribution in [0, 0.1) is 0 Å². The fraction of sp³-hybridized carbons (Fsp3) is 0.200. The van der Waals surface area contributed by atoms with Crippen LogP contribution in [-0.4, -0.2) is 47.8 Å². The highest BCUT2D eigenvalue weighted by atomic mass is 32.1. The molecule has 1 saturated heterocycles. The number of thiophene rings is 1. The molecule has 0 bridgehead atoms. The van der Waals surface area contributed by atoms with Crippen LogP contribution >= 0.6 is 11.3 Å². The van der Waals surface area contributed by atoms with E-state index in [1.54, 1.807) is 48.5 Å². The van der Waals surface area contributed by atoms with Crippen molar-refractivity contribution in [2.24, 2.45) is 0 Å². The zero-order valence-corrected chi connectivity index (χ0v) is 18.9. The number of carbonyl (C=O) groups excluding carboxylic acids is 4. The predicted molar refractivity (Wildman–Crippen MR) is 127 cm³/mol. The van der Waals surface area contributed by atoms with Crippen LogP contribution in [0.5, 0.6) is 0 Å². The van der Waals surface area contributed by atoms with E-state index in [2.05, 4.69) is 10.6 Å². The molecule has 1 aromatic heterocycles. The lowest BCUT2D eigenvalue weighted by atomic mass is 10.1. The number of carbonyl (C=O) groups is 4. The molecule has 2 aliphatic heterocycles. The van der Waals surface area contributed by atoms with Gasteiger partial charge in [0, 0.05) is 23.5 Å². The van der Waals surface area contributed by atoms with Gasteiger partial charge >= 0.3 is 0 Å². The molecule has 1 fully saturated rings. The second-order valence-electron chi connectivity index (χ2n) is 8.08. The predicted octanol–water partition coefficient (Wildman–Crippen LogP) is 4.03. The molecule has 2 aromatic carbocycles. The molecule has 3 heterocycles. The summed E-state index contributed by atoms with van der Waals surface area (Å²) in [6, 6.07) is 14.8. The monoisotopic (exact) mass is 475 g/mol. The Kier molecular flexibility index (Phi) is 5.95. The van der Waals surface area contributed by atoms with Crippen molar-refractivity contribution in [3.63, 3.8) is 0 Å². The summed E-state index contributed by atoms with van der Waals surface area (Å²) in [4.78, 5) is 52.4. The Morgan fingerprint density at radius 3 is 2.50 bits per heavy atom. The number of amides is 4. The van der Waals surface area contributed by atoms with E-state index in [0.717, 1.165) is 12.8 Å². The van der Waals surface area contributed by atoms with Gasteiger partial charge in [-0.05, 0) is 60.7 Å². The zero-order valence-electron chi connectivity index (χ0n) is 18.1. The number of rotatable bonds is 6. The molecule has 172 valence electrons. The van der Waals surface area contributed by atoms with Crippen molar-refractivity contribution in [2.75, 3.05) is 23.8 Å². The van der Waals surface area contributed by atoms with Crippen molar-refractivity contribution in [1.29, 1.82) is 0 Å². The summed E-state index contributed by atoms with van der Waals surface area (Å²) < 4.78 is 5.56. The van der Waals surface area contributed by atoms with Crippen LogP contribution in [-0.2, 0) is 4.74 Å². The average Bonchev–Trinajstić information content (AvgIpc) is 3.59. The Balaban J connectivity index is 1.28. The highest BCUT2D eigenvalue weighted by Crippen LogP contribution is 2.28. The van der Waals surface area contributed by atoms with Gasteiger partial charge in [0.05, 0.1) is 28.7 Å². The van der Waals surface area contributed by atoms with Gasteiger partial charge in [0.1, 0.15) is 0 Å². The molecule has 3 aromatic rings. The normalized spacial score (nSPS) is 17.1. The summed E-state index contributed by atoms with van der Waals surface area (Å²) in [5.41, 5.74) is 1.81. The molecule has 0 aliphatic carbocycles. The second-order valence-corrected chi connectivity index (χ2v) is 9.03. The van der Waals surface area contributed by atoms with Gasteiger partial charge in [-0.15, -0.1) is 11.3 Å². The summed E-state index contributed by atoms with van der Waals surface area (Å²) >= 11 is 1.33. The number of hydrogen-bond donors (Lipinski definition) is 2. The van der Waals surface area contributed by atoms with E-state index in [4.69, 9.17) is 4.74 Å². The van der Waals surface area contributed by atoms with Gasteiger partial charge in [-0.25, -0.2) is 0 Å². The summed E-state index contributed by atoms with van der Waals surface area (Å²) in [6.07, 6.45) is 1.61. The maximum absolute atomic E-state index is 12.8. The van der Waals surface area contributed by atoms with E-state index >= 15 is 0 Å². The largest absolute Gasteiger partial charge is 0.376 e. The van der Waals surface area contributed by atoms with Crippen molar-refractivity contribution in [2.45, 2.75) is 18.9 Å². The van der Waals surface area contributed by atoms with Crippen molar-refractivity contribution in [3.05, 3.63) is 81.5 Å². The standard InChI is InChI=1S/C25H21N3O5S/c29-22(15-4-1-5-16(12-15)27-23(30)21-7-3-11-34-21)26-17-8-9-19-20(13-17)25(32)28(24(19)31)14-18-6-2-10-33-18/h1,3-5,7-9,11-13,18H,2,6,10,14H2,(H,26,29)(H,27,30). The fourth-order valence-corrected chi connectivity index (χ4v) is 4.69. The first-order chi connectivity index (χ1) is 16.5. The molecule has 0 saturated carbocycles. The lowest BCUT2D eigenvalue weighted by molar-refractivity contribution is 0.0475. The lowest BCUT2D eigenvalue weighted by Gasteiger charge is -2.17. The molecular formula is C25H21N3O5S. The van der Waals surface area contributed by atoms with E-state index < -0.39 is 5.91 Å². The van der Waals surface area contributed by atoms with Gasteiger partial charge in [-0.2, -0.15) is 0 Å². The summed E-state index contributed by atoms with van der Waals surface area (Å²) in [7, 11) is 0. The smallest absolute Gasteiger partial charge is 0.265 e. The molecule has 4 amide bonds. The van der Waals surface area contributed by atoms with Crippen LogP contribution in [0.3, 0.4) is 0 Å². The van der Waals surface area contributed by atoms with E-state index in [0.29, 0.717) is 34.0 Å². The Labute approximate surface area is 199 Å². The Morgan fingerprint density at radius 1 is 0.941 bits per heavy atom. The number of fused-ring (bicyclic) bond motifs is 1. The van der Waals surface area contributed by atoms with Gasteiger partial charge in [0.2, 0.25) is 0 Å². The van der Waals surface area contributed by atoms with E-state index in [-0.39, 0.29) is 35.9 Å². The van der Waals surface area contributed by atoms with Crippen LogP contribution in [0.4, 0.5) is 11.4 Å². The first kappa shape index (κ1) is 22.0. The molecule has 34 heavy (non-hydrogen) atoms. The Hall–Kier alpha value is -3.82. The molecule has 0 radical (unpaired) electrons. The van der Waals surface area contributed by atoms with Crippen LogP contribution < -0.4 is 10.6 Å².